The Labute approximate surface area is 251 Å². The van der Waals surface area contributed by atoms with Crippen molar-refractivity contribution in [1.82, 2.24) is 28.6 Å². The fourth-order valence-corrected chi connectivity index (χ4v) is 6.81. The van der Waals surface area contributed by atoms with Gasteiger partial charge in [-0.25, -0.2) is 4.79 Å². The third-order valence-corrected chi connectivity index (χ3v) is 9.19. The van der Waals surface area contributed by atoms with Crippen LogP contribution in [0, 0.1) is 0 Å². The van der Waals surface area contributed by atoms with Crippen LogP contribution in [0.15, 0.2) is 96.4 Å². The average Bonchev–Trinajstić information content (AvgIpc) is 3.72. The molecule has 0 saturated carbocycles. The van der Waals surface area contributed by atoms with Gasteiger partial charge in [-0.1, -0.05) is 18.2 Å². The van der Waals surface area contributed by atoms with Crippen molar-refractivity contribution in [2.75, 3.05) is 6.54 Å². The number of aliphatic hydroxyl groups is 1. The Kier molecular flexibility index (Phi) is 5.89. The molecule has 0 bridgehead atoms. The first-order valence-corrected chi connectivity index (χ1v) is 14.6. The summed E-state index contributed by atoms with van der Waals surface area (Å²) >= 11 is 0. The summed E-state index contributed by atoms with van der Waals surface area (Å²) in [5, 5.41) is 10.8. The van der Waals surface area contributed by atoms with Crippen LogP contribution in [0.4, 0.5) is 0 Å². The van der Waals surface area contributed by atoms with Crippen LogP contribution >= 0.6 is 0 Å². The van der Waals surface area contributed by atoms with Crippen LogP contribution in [-0.4, -0.2) is 64.1 Å². The summed E-state index contributed by atoms with van der Waals surface area (Å²) in [6.07, 6.45) is 9.01. The number of piperidine rings is 1. The molecular weight excluding hydrogens is 556 g/mol. The topological polar surface area (TPSA) is 115 Å². The van der Waals surface area contributed by atoms with E-state index in [1.165, 1.54) is 4.90 Å². The summed E-state index contributed by atoms with van der Waals surface area (Å²) in [7, 11) is 1.75. The minimum absolute atomic E-state index is 0.0724. The monoisotopic (exact) mass is 584 g/mol. The zero-order chi connectivity index (χ0) is 30.1. The molecule has 44 heavy (non-hydrogen) atoms. The fraction of sp³-hybridized carbons (Fsp3) is 0.206. The van der Waals surface area contributed by atoms with E-state index >= 15 is 0 Å². The second kappa shape index (κ2) is 9.85. The number of hydrogen-bond donors (Lipinski definition) is 1. The van der Waals surface area contributed by atoms with Gasteiger partial charge in [0.1, 0.15) is 0 Å². The van der Waals surface area contributed by atoms with Crippen molar-refractivity contribution < 1.29 is 14.7 Å². The third kappa shape index (κ3) is 3.95. The average molecular weight is 585 g/mol. The quantitative estimate of drug-likeness (QED) is 0.316. The van der Waals surface area contributed by atoms with Gasteiger partial charge in [-0.15, -0.1) is 0 Å². The van der Waals surface area contributed by atoms with E-state index in [1.807, 2.05) is 65.5 Å². The highest BCUT2D eigenvalue weighted by Crippen LogP contribution is 2.36. The number of amides is 1. The summed E-state index contributed by atoms with van der Waals surface area (Å²) in [6, 6.07) is 19.3. The van der Waals surface area contributed by atoms with Crippen molar-refractivity contribution in [2.45, 2.75) is 30.9 Å². The number of benzene rings is 2. The molecule has 6 heterocycles. The maximum Gasteiger partial charge on any atom is 0.333 e. The van der Waals surface area contributed by atoms with E-state index in [4.69, 9.17) is 0 Å². The van der Waals surface area contributed by atoms with Gasteiger partial charge in [0.05, 0.1) is 46.4 Å². The van der Waals surface area contributed by atoms with Gasteiger partial charge in [-0.2, -0.15) is 0 Å². The highest BCUT2D eigenvalue weighted by molar-refractivity contribution is 6.13. The van der Waals surface area contributed by atoms with Gasteiger partial charge in [0.25, 0.3) is 5.91 Å². The number of carbonyl (C=O) groups excluding carboxylic acids is 2. The van der Waals surface area contributed by atoms with Crippen molar-refractivity contribution in [3.05, 3.63) is 108 Å². The Morgan fingerprint density at radius 2 is 1.77 bits per heavy atom. The number of ketones is 1. The lowest BCUT2D eigenvalue weighted by Crippen LogP contribution is -2.42. The highest BCUT2D eigenvalue weighted by atomic mass is 16.3. The summed E-state index contributed by atoms with van der Waals surface area (Å²) in [6.45, 7) is 0.439. The number of rotatable bonds is 4. The van der Waals surface area contributed by atoms with Crippen molar-refractivity contribution in [3.63, 3.8) is 0 Å². The predicted octanol–water partition coefficient (Wildman–Crippen LogP) is 3.75. The third-order valence-electron chi connectivity index (χ3n) is 9.19. The maximum atomic E-state index is 13.6. The van der Waals surface area contributed by atoms with E-state index < -0.39 is 23.8 Å². The van der Waals surface area contributed by atoms with Crippen molar-refractivity contribution in [1.29, 1.82) is 0 Å². The molecule has 1 N–H and O–H groups in total. The Balaban J connectivity index is 1.18. The molecule has 0 radical (unpaired) electrons. The number of aliphatic hydroxyl groups excluding tert-OH is 1. The summed E-state index contributed by atoms with van der Waals surface area (Å²) in [5.41, 5.74) is 6.89. The van der Waals surface area contributed by atoms with Crippen molar-refractivity contribution in [3.8, 4) is 22.5 Å². The van der Waals surface area contributed by atoms with E-state index in [0.29, 0.717) is 19.4 Å². The Morgan fingerprint density at radius 1 is 0.932 bits per heavy atom. The predicted molar refractivity (Wildman–Crippen MR) is 165 cm³/mol. The van der Waals surface area contributed by atoms with Crippen LogP contribution in [-0.2, 0) is 16.6 Å². The van der Waals surface area contributed by atoms with E-state index in [1.54, 1.807) is 28.6 Å². The highest BCUT2D eigenvalue weighted by Gasteiger charge is 2.48. The standard InChI is InChI=1S/C34H28N6O4/c1-37-29-18-36-27-9-6-21(23-10-13-38(19-23)25-3-2-12-35-17-25)15-26(27)30(29)40(34(37)44)24-7-4-20(5-8-24)22-11-14-39-28(16-22)31(41)32(42)33(39)43/h2-10,12-13,15,17-19,22,28,32,42H,11,14,16H2,1H3/t22?,28?,32-/m0/s1. The number of hydrogen-bond acceptors (Lipinski definition) is 6. The Hall–Kier alpha value is -5.35. The van der Waals surface area contributed by atoms with Gasteiger partial charge >= 0.3 is 5.69 Å². The number of pyridine rings is 2. The Bertz CT molecular complexity index is 2160. The zero-order valence-corrected chi connectivity index (χ0v) is 23.9. The summed E-state index contributed by atoms with van der Waals surface area (Å²) < 4.78 is 5.37. The normalized spacial score (nSPS) is 20.1. The molecule has 6 aromatic rings. The molecule has 10 nitrogen and oxygen atoms in total. The zero-order valence-electron chi connectivity index (χ0n) is 23.9. The van der Waals surface area contributed by atoms with Crippen LogP contribution in [0.2, 0.25) is 0 Å². The molecule has 0 spiro atoms. The van der Waals surface area contributed by atoms with Crippen LogP contribution in [0.5, 0.6) is 0 Å². The van der Waals surface area contributed by atoms with Gasteiger partial charge in [0, 0.05) is 37.6 Å². The van der Waals surface area contributed by atoms with Gasteiger partial charge in [-0.3, -0.25) is 28.7 Å². The lowest BCUT2D eigenvalue weighted by Gasteiger charge is -2.33. The van der Waals surface area contributed by atoms with Gasteiger partial charge in [0.15, 0.2) is 11.9 Å². The van der Waals surface area contributed by atoms with Gasteiger partial charge in [-0.05, 0) is 77.9 Å². The minimum atomic E-state index is -1.54. The van der Waals surface area contributed by atoms with Gasteiger partial charge < -0.3 is 14.6 Å². The molecule has 0 aliphatic carbocycles. The molecule has 8 rings (SSSR count). The summed E-state index contributed by atoms with van der Waals surface area (Å²) in [4.78, 5) is 48.7. The molecular formula is C34H28N6O4. The summed E-state index contributed by atoms with van der Waals surface area (Å²) in [5.74, 6) is -0.824. The first-order valence-electron chi connectivity index (χ1n) is 14.6. The number of fused-ring (bicyclic) bond motifs is 4. The van der Waals surface area contributed by atoms with E-state index in [-0.39, 0.29) is 11.6 Å². The molecule has 2 aliphatic rings. The van der Waals surface area contributed by atoms with Crippen LogP contribution in [0.1, 0.15) is 24.3 Å². The first kappa shape index (κ1) is 26.3. The number of aromatic nitrogens is 5. The first-order chi connectivity index (χ1) is 21.4. The second-order valence-corrected chi connectivity index (χ2v) is 11.6. The molecule has 218 valence electrons. The number of carbonyl (C=O) groups is 2. The number of nitrogens with zero attached hydrogens (tertiary/aromatic N) is 6. The molecule has 2 aromatic carbocycles. The number of Topliss-reactive ketones (excluding diaryl/α,β-unsaturated/α-hetero) is 1. The molecule has 2 fully saturated rings. The lowest BCUT2D eigenvalue weighted by molar-refractivity contribution is -0.137. The second-order valence-electron chi connectivity index (χ2n) is 11.6. The minimum Gasteiger partial charge on any atom is -0.376 e. The largest absolute Gasteiger partial charge is 0.376 e. The van der Waals surface area contributed by atoms with Crippen LogP contribution in [0.25, 0.3) is 44.4 Å². The molecule has 10 heteroatoms. The van der Waals surface area contributed by atoms with E-state index in [9.17, 15) is 19.5 Å². The van der Waals surface area contributed by atoms with Crippen molar-refractivity contribution >= 4 is 33.6 Å². The molecule has 2 saturated heterocycles. The lowest BCUT2D eigenvalue weighted by atomic mass is 9.85. The smallest absolute Gasteiger partial charge is 0.333 e. The Morgan fingerprint density at radius 3 is 2.57 bits per heavy atom. The fourth-order valence-electron chi connectivity index (χ4n) is 6.81. The SMILES string of the molecule is Cn1c(=O)n(-c2ccc(C3CCN4C(=O)[C@@H](O)C(=O)C4C3)cc2)c2c3cc(-c4ccn(-c5cccnc5)c4)ccc3ncc21. The van der Waals surface area contributed by atoms with E-state index in [0.717, 1.165) is 50.0 Å². The van der Waals surface area contributed by atoms with E-state index in [2.05, 4.69) is 28.3 Å². The molecule has 3 atom stereocenters. The number of aryl methyl sites for hydroxylation is 1. The van der Waals surface area contributed by atoms with Crippen LogP contribution < -0.4 is 5.69 Å². The number of imidazole rings is 1. The molecule has 2 aliphatic heterocycles. The van der Waals surface area contributed by atoms with Gasteiger partial charge in [0.2, 0.25) is 0 Å². The molecule has 1 amide bonds. The van der Waals surface area contributed by atoms with Crippen molar-refractivity contribution in [2.24, 2.45) is 7.05 Å². The molecule has 2 unspecified atom stereocenters. The molecule has 4 aromatic heterocycles. The van der Waals surface area contributed by atoms with Crippen LogP contribution in [0.3, 0.4) is 0 Å². The maximum absolute atomic E-state index is 13.6.